The molecule has 0 radical (unpaired) electrons. The summed E-state index contributed by atoms with van der Waals surface area (Å²) in [4.78, 5) is 16.9. The summed E-state index contributed by atoms with van der Waals surface area (Å²) in [5.74, 6) is 0.668. The van der Waals surface area contributed by atoms with Gasteiger partial charge in [0.15, 0.2) is 5.82 Å². The SMILES string of the molecule is CC1=Nc2c(c(=O)[nH]n2C(C)C)[C@@H](c2cccc(OC(F)F)c2)S1. The second-order valence-corrected chi connectivity index (χ2v) is 7.02. The van der Waals surface area contributed by atoms with Gasteiger partial charge in [0.25, 0.3) is 5.56 Å². The van der Waals surface area contributed by atoms with E-state index in [4.69, 9.17) is 0 Å². The molecule has 0 spiro atoms. The minimum Gasteiger partial charge on any atom is -0.435 e. The largest absolute Gasteiger partial charge is 0.435 e. The average molecular weight is 353 g/mol. The van der Waals surface area contributed by atoms with Crippen molar-refractivity contribution in [2.75, 3.05) is 0 Å². The monoisotopic (exact) mass is 353 g/mol. The number of thioether (sulfide) groups is 1. The first kappa shape index (κ1) is 16.8. The Morgan fingerprint density at radius 2 is 2.12 bits per heavy atom. The first-order valence-electron chi connectivity index (χ1n) is 7.48. The van der Waals surface area contributed by atoms with E-state index in [0.717, 1.165) is 10.6 Å². The van der Waals surface area contributed by atoms with Crippen LogP contribution in [0.2, 0.25) is 0 Å². The lowest BCUT2D eigenvalue weighted by molar-refractivity contribution is -0.0498. The molecule has 2 heterocycles. The summed E-state index contributed by atoms with van der Waals surface area (Å²) < 4.78 is 31.1. The molecule has 24 heavy (non-hydrogen) atoms. The molecule has 1 N–H and O–H groups in total. The maximum absolute atomic E-state index is 12.4. The highest BCUT2D eigenvalue weighted by atomic mass is 32.2. The highest BCUT2D eigenvalue weighted by Crippen LogP contribution is 2.44. The van der Waals surface area contributed by atoms with Crippen molar-refractivity contribution in [3.8, 4) is 5.75 Å². The Balaban J connectivity index is 2.09. The zero-order valence-corrected chi connectivity index (χ0v) is 14.2. The minimum atomic E-state index is -2.89. The molecule has 0 saturated heterocycles. The van der Waals surface area contributed by atoms with Crippen LogP contribution in [0.3, 0.4) is 0 Å². The molecule has 1 atom stereocenters. The van der Waals surface area contributed by atoms with Gasteiger partial charge in [-0.05, 0) is 38.5 Å². The van der Waals surface area contributed by atoms with Crippen LogP contribution in [0.4, 0.5) is 14.6 Å². The van der Waals surface area contributed by atoms with E-state index in [9.17, 15) is 13.6 Å². The Bertz CT molecular complexity index is 842. The van der Waals surface area contributed by atoms with Gasteiger partial charge in [-0.2, -0.15) is 8.78 Å². The summed E-state index contributed by atoms with van der Waals surface area (Å²) in [5.41, 5.74) is 1.04. The zero-order valence-electron chi connectivity index (χ0n) is 13.4. The number of fused-ring (bicyclic) bond motifs is 1. The van der Waals surface area contributed by atoms with Gasteiger partial charge in [0, 0.05) is 6.04 Å². The number of aliphatic imine (C=N–C) groups is 1. The van der Waals surface area contributed by atoms with Gasteiger partial charge in [0.05, 0.1) is 15.9 Å². The summed E-state index contributed by atoms with van der Waals surface area (Å²) in [6.45, 7) is 2.88. The lowest BCUT2D eigenvalue weighted by atomic mass is 10.1. The first-order valence-corrected chi connectivity index (χ1v) is 8.36. The number of hydrogen-bond acceptors (Lipinski definition) is 4. The molecule has 8 heteroatoms. The van der Waals surface area contributed by atoms with Gasteiger partial charge < -0.3 is 4.74 Å². The fraction of sp³-hybridized carbons (Fsp3) is 0.375. The summed E-state index contributed by atoms with van der Waals surface area (Å²) in [7, 11) is 0. The van der Waals surface area contributed by atoms with E-state index in [1.165, 1.54) is 17.8 Å². The summed E-state index contributed by atoms with van der Waals surface area (Å²) in [5, 5.41) is 3.30. The van der Waals surface area contributed by atoms with Crippen molar-refractivity contribution >= 4 is 22.6 Å². The van der Waals surface area contributed by atoms with Crippen LogP contribution in [-0.2, 0) is 0 Å². The second kappa shape index (κ2) is 6.43. The molecule has 0 unspecified atom stereocenters. The summed E-state index contributed by atoms with van der Waals surface area (Å²) in [6.07, 6.45) is 0. The van der Waals surface area contributed by atoms with Crippen LogP contribution in [0, 0.1) is 0 Å². The van der Waals surface area contributed by atoms with Crippen molar-refractivity contribution in [3.05, 3.63) is 45.7 Å². The number of benzene rings is 1. The predicted octanol–water partition coefficient (Wildman–Crippen LogP) is 4.24. The molecule has 0 saturated carbocycles. The van der Waals surface area contributed by atoms with E-state index in [1.54, 1.807) is 22.9 Å². The predicted molar refractivity (Wildman–Crippen MR) is 90.7 cm³/mol. The van der Waals surface area contributed by atoms with Crippen molar-refractivity contribution in [1.29, 1.82) is 0 Å². The molecular formula is C16H17F2N3O2S. The van der Waals surface area contributed by atoms with Gasteiger partial charge in [0.2, 0.25) is 0 Å². The van der Waals surface area contributed by atoms with Gasteiger partial charge in [-0.1, -0.05) is 23.9 Å². The number of aromatic nitrogens is 2. The molecule has 0 bridgehead atoms. The molecule has 128 valence electrons. The van der Waals surface area contributed by atoms with Crippen molar-refractivity contribution in [2.45, 2.75) is 38.7 Å². The highest BCUT2D eigenvalue weighted by Gasteiger charge is 2.30. The molecule has 0 fully saturated rings. The normalized spacial score (nSPS) is 17.1. The third-order valence-electron chi connectivity index (χ3n) is 3.65. The van der Waals surface area contributed by atoms with Crippen LogP contribution in [0.25, 0.3) is 0 Å². The Labute approximate surface area is 141 Å². The molecule has 1 aliphatic heterocycles. The van der Waals surface area contributed by atoms with Gasteiger partial charge in [-0.15, -0.1) is 0 Å². The van der Waals surface area contributed by atoms with E-state index in [2.05, 4.69) is 14.8 Å². The molecule has 1 aromatic heterocycles. The Hall–Kier alpha value is -2.09. The van der Waals surface area contributed by atoms with Gasteiger partial charge >= 0.3 is 6.61 Å². The van der Waals surface area contributed by atoms with Gasteiger partial charge in [-0.25, -0.2) is 4.99 Å². The van der Waals surface area contributed by atoms with Crippen molar-refractivity contribution in [3.63, 3.8) is 0 Å². The quantitative estimate of drug-likeness (QED) is 0.894. The van der Waals surface area contributed by atoms with Crippen molar-refractivity contribution in [2.24, 2.45) is 4.99 Å². The maximum Gasteiger partial charge on any atom is 0.387 e. The Morgan fingerprint density at radius 1 is 1.38 bits per heavy atom. The van der Waals surface area contributed by atoms with E-state index in [-0.39, 0.29) is 22.6 Å². The van der Waals surface area contributed by atoms with Crippen LogP contribution in [-0.4, -0.2) is 21.4 Å². The Kier molecular flexibility index (Phi) is 4.49. The smallest absolute Gasteiger partial charge is 0.387 e. The highest BCUT2D eigenvalue weighted by molar-refractivity contribution is 8.14. The molecule has 0 aliphatic carbocycles. The van der Waals surface area contributed by atoms with Crippen molar-refractivity contribution < 1.29 is 13.5 Å². The van der Waals surface area contributed by atoms with Crippen LogP contribution in [0.15, 0.2) is 34.1 Å². The number of alkyl halides is 2. The van der Waals surface area contributed by atoms with Crippen molar-refractivity contribution in [1.82, 2.24) is 9.78 Å². The summed E-state index contributed by atoms with van der Waals surface area (Å²) >= 11 is 1.42. The zero-order chi connectivity index (χ0) is 17.4. The van der Waals surface area contributed by atoms with Gasteiger partial charge in [0.1, 0.15) is 5.75 Å². The lowest BCUT2D eigenvalue weighted by Crippen LogP contribution is -2.13. The molecule has 5 nitrogen and oxygen atoms in total. The fourth-order valence-electron chi connectivity index (χ4n) is 2.67. The van der Waals surface area contributed by atoms with Crippen LogP contribution in [0.1, 0.15) is 43.2 Å². The van der Waals surface area contributed by atoms with Crippen LogP contribution >= 0.6 is 11.8 Å². The summed E-state index contributed by atoms with van der Waals surface area (Å²) in [6, 6.07) is 6.50. The Morgan fingerprint density at radius 3 is 2.79 bits per heavy atom. The van der Waals surface area contributed by atoms with E-state index in [1.807, 2.05) is 20.8 Å². The number of ether oxygens (including phenoxy) is 1. The second-order valence-electron chi connectivity index (χ2n) is 5.72. The van der Waals surface area contributed by atoms with Crippen LogP contribution in [0.5, 0.6) is 5.75 Å². The van der Waals surface area contributed by atoms with Gasteiger partial charge in [-0.3, -0.25) is 14.6 Å². The number of hydrogen-bond donors (Lipinski definition) is 1. The van der Waals surface area contributed by atoms with E-state index < -0.39 is 6.61 Å². The van der Waals surface area contributed by atoms with E-state index in [0.29, 0.717) is 11.4 Å². The first-order chi connectivity index (χ1) is 11.4. The third-order valence-corrected chi connectivity index (χ3v) is 4.83. The molecule has 3 rings (SSSR count). The number of nitrogens with one attached hydrogen (secondary N) is 1. The number of H-pyrrole nitrogens is 1. The minimum absolute atomic E-state index is 0.0512. The van der Waals surface area contributed by atoms with E-state index >= 15 is 0 Å². The lowest BCUT2D eigenvalue weighted by Gasteiger charge is -2.22. The standard InChI is InChI=1S/C16H17F2N3O2S/c1-8(2)21-14-12(15(22)20-21)13(24-9(3)19-14)10-5-4-6-11(7-10)23-16(17)18/h4-8,13,16H,1-3H3,(H,20,22)/t13-/m1/s1. The molecule has 1 aliphatic rings. The molecule has 1 aromatic carbocycles. The molecule has 0 amide bonds. The number of nitrogens with zero attached hydrogens (tertiary/aromatic N) is 2. The topological polar surface area (TPSA) is 59.4 Å². The molecule has 2 aromatic rings. The average Bonchev–Trinajstić information content (AvgIpc) is 2.83. The fourth-order valence-corrected chi connectivity index (χ4v) is 3.76. The number of aromatic amines is 1. The molecular weight excluding hydrogens is 336 g/mol. The van der Waals surface area contributed by atoms with Crippen LogP contribution < -0.4 is 10.3 Å². The maximum atomic E-state index is 12.4. The third kappa shape index (κ3) is 3.10. The number of rotatable bonds is 4. The number of halogens is 2.